The van der Waals surface area contributed by atoms with Crippen LogP contribution in [0.3, 0.4) is 0 Å². The summed E-state index contributed by atoms with van der Waals surface area (Å²) in [6.07, 6.45) is 4.18. The van der Waals surface area contributed by atoms with Crippen LogP contribution in [-0.2, 0) is 6.54 Å². The van der Waals surface area contributed by atoms with Crippen molar-refractivity contribution >= 4 is 5.69 Å². The largest absolute Gasteiger partial charge is 0.490 e. The van der Waals surface area contributed by atoms with E-state index in [1.54, 1.807) is 18.3 Å². The molecule has 0 aliphatic heterocycles. The van der Waals surface area contributed by atoms with E-state index >= 15 is 0 Å². The molecule has 1 fully saturated rings. The molecule has 8 heteroatoms. The Morgan fingerprint density at radius 3 is 3.00 bits per heavy atom. The Bertz CT molecular complexity index is 666. The number of nitro groups is 1. The maximum Gasteiger partial charge on any atom is 0.313 e. The third kappa shape index (κ3) is 3.00. The van der Waals surface area contributed by atoms with E-state index in [9.17, 15) is 10.1 Å². The molecule has 1 N–H and O–H groups in total. The summed E-state index contributed by atoms with van der Waals surface area (Å²) in [5.74, 6) is 0.222. The summed E-state index contributed by atoms with van der Waals surface area (Å²) in [4.78, 5) is 10.5. The lowest BCUT2D eigenvalue weighted by molar-refractivity contribution is -0.385. The standard InChI is InChI=1S/C13H15N5O3/c1-21-13-5-4-11(6-12(13)18(19)20)17-8-10(15-16-17)7-14-9-2-3-9/h4-6,8-9,14H,2-3,7H2,1H3. The minimum Gasteiger partial charge on any atom is -0.490 e. The number of aromatic nitrogens is 3. The molecule has 0 spiro atoms. The molecule has 1 aromatic carbocycles. The first-order chi connectivity index (χ1) is 10.2. The van der Waals surface area contributed by atoms with Crippen LogP contribution in [0.1, 0.15) is 18.5 Å². The molecule has 0 bridgehead atoms. The molecule has 110 valence electrons. The number of nitro benzene ring substituents is 1. The third-order valence-corrected chi connectivity index (χ3v) is 3.31. The van der Waals surface area contributed by atoms with Crippen molar-refractivity contribution < 1.29 is 9.66 Å². The van der Waals surface area contributed by atoms with Gasteiger partial charge in [-0.05, 0) is 25.0 Å². The second-order valence-electron chi connectivity index (χ2n) is 4.92. The van der Waals surface area contributed by atoms with Crippen LogP contribution >= 0.6 is 0 Å². The molecule has 1 saturated carbocycles. The summed E-state index contributed by atoms with van der Waals surface area (Å²) in [7, 11) is 1.40. The van der Waals surface area contributed by atoms with Gasteiger partial charge in [-0.25, -0.2) is 4.68 Å². The fourth-order valence-corrected chi connectivity index (χ4v) is 2.01. The van der Waals surface area contributed by atoms with Crippen LogP contribution in [0.15, 0.2) is 24.4 Å². The second kappa shape index (κ2) is 5.49. The van der Waals surface area contributed by atoms with Gasteiger partial charge in [-0.3, -0.25) is 10.1 Å². The van der Waals surface area contributed by atoms with E-state index in [1.165, 1.54) is 30.7 Å². The van der Waals surface area contributed by atoms with Crippen molar-refractivity contribution in [3.63, 3.8) is 0 Å². The maximum atomic E-state index is 11.0. The van der Waals surface area contributed by atoms with Crippen LogP contribution in [0.4, 0.5) is 5.69 Å². The molecular weight excluding hydrogens is 274 g/mol. The van der Waals surface area contributed by atoms with E-state index in [4.69, 9.17) is 4.74 Å². The molecular formula is C13H15N5O3. The van der Waals surface area contributed by atoms with Crippen molar-refractivity contribution in [1.29, 1.82) is 0 Å². The Morgan fingerprint density at radius 1 is 1.52 bits per heavy atom. The predicted molar refractivity (Wildman–Crippen MR) is 74.4 cm³/mol. The van der Waals surface area contributed by atoms with Crippen molar-refractivity contribution in [1.82, 2.24) is 20.3 Å². The van der Waals surface area contributed by atoms with Gasteiger partial charge in [0.1, 0.15) is 0 Å². The van der Waals surface area contributed by atoms with Crippen molar-refractivity contribution in [2.75, 3.05) is 7.11 Å². The minimum absolute atomic E-state index is 0.0943. The van der Waals surface area contributed by atoms with Crippen LogP contribution < -0.4 is 10.1 Å². The van der Waals surface area contributed by atoms with E-state index in [-0.39, 0.29) is 11.4 Å². The van der Waals surface area contributed by atoms with Crippen LogP contribution in [0.2, 0.25) is 0 Å². The van der Waals surface area contributed by atoms with Gasteiger partial charge in [0.25, 0.3) is 0 Å². The van der Waals surface area contributed by atoms with Crippen molar-refractivity contribution in [2.24, 2.45) is 0 Å². The zero-order valence-electron chi connectivity index (χ0n) is 11.5. The number of nitrogens with zero attached hydrogens (tertiary/aromatic N) is 4. The molecule has 3 rings (SSSR count). The Labute approximate surface area is 120 Å². The van der Waals surface area contributed by atoms with Gasteiger partial charge in [-0.1, -0.05) is 5.21 Å². The highest BCUT2D eigenvalue weighted by atomic mass is 16.6. The zero-order valence-corrected chi connectivity index (χ0v) is 11.5. The van der Waals surface area contributed by atoms with Crippen LogP contribution in [-0.4, -0.2) is 33.1 Å². The molecule has 1 aromatic heterocycles. The third-order valence-electron chi connectivity index (χ3n) is 3.31. The molecule has 1 aliphatic carbocycles. The summed E-state index contributed by atoms with van der Waals surface area (Å²) in [6, 6.07) is 5.28. The lowest BCUT2D eigenvalue weighted by atomic mass is 10.2. The second-order valence-corrected chi connectivity index (χ2v) is 4.92. The highest BCUT2D eigenvalue weighted by Crippen LogP contribution is 2.28. The molecule has 0 amide bonds. The zero-order chi connectivity index (χ0) is 14.8. The topological polar surface area (TPSA) is 95.1 Å². The average molecular weight is 289 g/mol. The monoisotopic (exact) mass is 289 g/mol. The van der Waals surface area contributed by atoms with E-state index < -0.39 is 4.92 Å². The van der Waals surface area contributed by atoms with Gasteiger partial charge >= 0.3 is 5.69 Å². The van der Waals surface area contributed by atoms with Gasteiger partial charge in [0, 0.05) is 18.7 Å². The van der Waals surface area contributed by atoms with Crippen LogP contribution in [0, 0.1) is 10.1 Å². The number of methoxy groups -OCH3 is 1. The number of benzene rings is 1. The van der Waals surface area contributed by atoms with E-state index in [1.807, 2.05) is 0 Å². The van der Waals surface area contributed by atoms with Gasteiger partial charge in [0.2, 0.25) is 0 Å². The Balaban J connectivity index is 1.82. The lowest BCUT2D eigenvalue weighted by Gasteiger charge is -2.04. The number of hydrogen-bond acceptors (Lipinski definition) is 6. The van der Waals surface area contributed by atoms with Crippen molar-refractivity contribution in [3.8, 4) is 11.4 Å². The minimum atomic E-state index is -0.477. The predicted octanol–water partition coefficient (Wildman–Crippen LogP) is 1.44. The summed E-state index contributed by atoms with van der Waals surface area (Å²) >= 11 is 0. The molecule has 2 aromatic rings. The molecule has 1 heterocycles. The van der Waals surface area contributed by atoms with Gasteiger partial charge in [0.05, 0.1) is 29.6 Å². The summed E-state index contributed by atoms with van der Waals surface area (Å²) in [6.45, 7) is 0.656. The first-order valence-electron chi connectivity index (χ1n) is 6.65. The first-order valence-corrected chi connectivity index (χ1v) is 6.65. The van der Waals surface area contributed by atoms with E-state index in [2.05, 4.69) is 15.6 Å². The van der Waals surface area contributed by atoms with Gasteiger partial charge in [-0.15, -0.1) is 5.10 Å². The quantitative estimate of drug-likeness (QED) is 0.638. The molecule has 0 radical (unpaired) electrons. The highest BCUT2D eigenvalue weighted by molar-refractivity contribution is 5.53. The van der Waals surface area contributed by atoms with Gasteiger partial charge in [-0.2, -0.15) is 0 Å². The van der Waals surface area contributed by atoms with E-state index in [0.29, 0.717) is 18.3 Å². The Kier molecular flexibility index (Phi) is 3.53. The SMILES string of the molecule is COc1ccc(-n2cc(CNC3CC3)nn2)cc1[N+](=O)[O-]. The van der Waals surface area contributed by atoms with Crippen molar-refractivity contribution in [3.05, 3.63) is 40.2 Å². The Morgan fingerprint density at radius 2 is 2.33 bits per heavy atom. The number of hydrogen-bond donors (Lipinski definition) is 1. The van der Waals surface area contributed by atoms with Gasteiger partial charge in [0.15, 0.2) is 5.75 Å². The van der Waals surface area contributed by atoms with Crippen molar-refractivity contribution in [2.45, 2.75) is 25.4 Å². The molecule has 0 saturated heterocycles. The number of ether oxygens (including phenoxy) is 1. The van der Waals surface area contributed by atoms with Crippen LogP contribution in [0.25, 0.3) is 5.69 Å². The fraction of sp³-hybridized carbons (Fsp3) is 0.385. The maximum absolute atomic E-state index is 11.0. The average Bonchev–Trinajstić information content (AvgIpc) is 3.21. The number of rotatable bonds is 6. The van der Waals surface area contributed by atoms with E-state index in [0.717, 1.165) is 5.69 Å². The summed E-state index contributed by atoms with van der Waals surface area (Å²) in [5, 5.41) is 22.4. The van der Waals surface area contributed by atoms with Gasteiger partial charge < -0.3 is 10.1 Å². The molecule has 0 atom stereocenters. The first kappa shape index (κ1) is 13.5. The highest BCUT2D eigenvalue weighted by Gasteiger charge is 2.21. The fourth-order valence-electron chi connectivity index (χ4n) is 2.01. The normalized spacial score (nSPS) is 14.1. The summed E-state index contributed by atoms with van der Waals surface area (Å²) < 4.78 is 6.50. The molecule has 0 unspecified atom stereocenters. The smallest absolute Gasteiger partial charge is 0.313 e. The molecule has 8 nitrogen and oxygen atoms in total. The summed E-state index contributed by atoms with van der Waals surface area (Å²) in [5.41, 5.74) is 1.29. The Hall–Kier alpha value is -2.48. The molecule has 21 heavy (non-hydrogen) atoms. The molecule has 1 aliphatic rings. The number of nitrogens with one attached hydrogen (secondary N) is 1. The lowest BCUT2D eigenvalue weighted by Crippen LogP contribution is -2.15. The van der Waals surface area contributed by atoms with Crippen LogP contribution in [0.5, 0.6) is 5.75 Å².